The summed E-state index contributed by atoms with van der Waals surface area (Å²) in [5, 5.41) is 1.36. The van der Waals surface area contributed by atoms with E-state index < -0.39 is 0 Å². The Hall–Kier alpha value is -1.36. The first-order valence-corrected chi connectivity index (χ1v) is 7.13. The molecule has 20 heavy (non-hydrogen) atoms. The van der Waals surface area contributed by atoms with Gasteiger partial charge in [0.2, 0.25) is 0 Å². The maximum atomic E-state index is 6.22. The van der Waals surface area contributed by atoms with Crippen LogP contribution in [0.5, 0.6) is 0 Å². The molecule has 0 aliphatic carbocycles. The van der Waals surface area contributed by atoms with Gasteiger partial charge >= 0.3 is 0 Å². The van der Waals surface area contributed by atoms with Gasteiger partial charge in [0, 0.05) is 35.2 Å². The molecule has 0 spiro atoms. The Morgan fingerprint density at radius 1 is 1.25 bits per heavy atom. The molecule has 0 saturated carbocycles. The van der Waals surface area contributed by atoms with E-state index in [4.69, 9.17) is 28.9 Å². The monoisotopic (exact) mass is 308 g/mol. The number of nitrogen functional groups attached to an aromatic ring is 1. The minimum Gasteiger partial charge on any atom is -0.383 e. The van der Waals surface area contributed by atoms with Crippen molar-refractivity contribution in [2.75, 3.05) is 12.3 Å². The van der Waals surface area contributed by atoms with Crippen molar-refractivity contribution in [2.24, 2.45) is 0 Å². The van der Waals surface area contributed by atoms with Gasteiger partial charge in [-0.15, -0.1) is 0 Å². The highest BCUT2D eigenvalue weighted by atomic mass is 35.5. The van der Waals surface area contributed by atoms with Crippen LogP contribution in [0.2, 0.25) is 10.0 Å². The molecule has 0 fully saturated rings. The second kappa shape index (κ2) is 5.56. The Balaban J connectivity index is 1.77. The van der Waals surface area contributed by atoms with Gasteiger partial charge in [-0.2, -0.15) is 0 Å². The van der Waals surface area contributed by atoms with Crippen LogP contribution < -0.4 is 5.73 Å². The molecule has 0 atom stereocenters. The third-order valence-electron chi connectivity index (χ3n) is 3.53. The molecule has 1 aromatic carbocycles. The van der Waals surface area contributed by atoms with E-state index >= 15 is 0 Å². The van der Waals surface area contributed by atoms with E-state index in [-0.39, 0.29) is 0 Å². The highest BCUT2D eigenvalue weighted by Crippen LogP contribution is 2.25. The summed E-state index contributed by atoms with van der Waals surface area (Å²) in [6.07, 6.45) is 2.39. The molecule has 6 heteroatoms. The summed E-state index contributed by atoms with van der Waals surface area (Å²) in [6, 6.07) is 5.60. The molecule has 0 bridgehead atoms. The average molecular weight is 309 g/mol. The summed E-state index contributed by atoms with van der Waals surface area (Å²) in [5.41, 5.74) is 9.03. The first-order chi connectivity index (χ1) is 9.63. The number of halogens is 2. The third-order valence-corrected chi connectivity index (χ3v) is 4.12. The Bertz CT molecular complexity index is 645. The van der Waals surface area contributed by atoms with Gasteiger partial charge in [0.15, 0.2) is 0 Å². The first kappa shape index (κ1) is 13.6. The molecule has 0 saturated heterocycles. The quantitative estimate of drug-likeness (QED) is 0.927. The van der Waals surface area contributed by atoms with Crippen molar-refractivity contribution in [3.63, 3.8) is 0 Å². The zero-order valence-corrected chi connectivity index (χ0v) is 12.3. The van der Waals surface area contributed by atoms with Gasteiger partial charge in [0.25, 0.3) is 0 Å². The van der Waals surface area contributed by atoms with E-state index in [2.05, 4.69) is 14.9 Å². The highest BCUT2D eigenvalue weighted by molar-refractivity contribution is 6.35. The summed E-state index contributed by atoms with van der Waals surface area (Å²) < 4.78 is 0. The first-order valence-electron chi connectivity index (χ1n) is 6.38. The fourth-order valence-electron chi connectivity index (χ4n) is 2.46. The van der Waals surface area contributed by atoms with E-state index in [9.17, 15) is 0 Å². The molecule has 2 aromatic rings. The van der Waals surface area contributed by atoms with Gasteiger partial charge in [-0.25, -0.2) is 9.97 Å². The topological polar surface area (TPSA) is 55.0 Å². The third kappa shape index (κ3) is 2.73. The van der Waals surface area contributed by atoms with Crippen LogP contribution in [0.3, 0.4) is 0 Å². The van der Waals surface area contributed by atoms with E-state index in [1.807, 2.05) is 12.1 Å². The number of nitrogens with zero attached hydrogens (tertiary/aromatic N) is 3. The fraction of sp³-hybridized carbons (Fsp3) is 0.286. The largest absolute Gasteiger partial charge is 0.383 e. The van der Waals surface area contributed by atoms with Gasteiger partial charge in [-0.05, 0) is 24.1 Å². The number of anilines is 1. The van der Waals surface area contributed by atoms with E-state index in [1.54, 1.807) is 6.07 Å². The molecule has 1 aliphatic heterocycles. The number of rotatable bonds is 2. The number of hydrogen-bond donors (Lipinski definition) is 1. The van der Waals surface area contributed by atoms with Gasteiger partial charge in [0.1, 0.15) is 12.1 Å². The van der Waals surface area contributed by atoms with Gasteiger partial charge in [-0.1, -0.05) is 29.3 Å². The van der Waals surface area contributed by atoms with E-state index in [0.29, 0.717) is 15.9 Å². The summed E-state index contributed by atoms with van der Waals surface area (Å²) in [6.45, 7) is 2.46. The predicted molar refractivity (Wildman–Crippen MR) is 80.7 cm³/mol. The molecule has 2 N–H and O–H groups in total. The van der Waals surface area contributed by atoms with Crippen molar-refractivity contribution in [1.29, 1.82) is 0 Å². The van der Waals surface area contributed by atoms with Crippen molar-refractivity contribution >= 4 is 29.0 Å². The van der Waals surface area contributed by atoms with Crippen LogP contribution in [0.1, 0.15) is 16.8 Å². The molecular formula is C14H14Cl2N4. The van der Waals surface area contributed by atoms with Crippen molar-refractivity contribution in [2.45, 2.75) is 19.5 Å². The number of aromatic nitrogens is 2. The molecule has 2 heterocycles. The van der Waals surface area contributed by atoms with Crippen LogP contribution in [0.15, 0.2) is 24.5 Å². The lowest BCUT2D eigenvalue weighted by Crippen LogP contribution is -2.31. The van der Waals surface area contributed by atoms with Gasteiger partial charge in [0.05, 0.1) is 5.69 Å². The average Bonchev–Trinajstić information content (AvgIpc) is 2.42. The standard InChI is InChI=1S/C14H14Cl2N4/c15-10-2-1-9(12(16)5-10)6-20-4-3-11-13(7-20)18-8-19-14(11)17/h1-2,5,8H,3-4,6-7H2,(H2,17,18,19). The normalized spacial score (nSPS) is 15.1. The second-order valence-corrected chi connectivity index (χ2v) is 5.72. The van der Waals surface area contributed by atoms with Crippen LogP contribution in [0, 0.1) is 0 Å². The maximum absolute atomic E-state index is 6.22. The summed E-state index contributed by atoms with van der Waals surface area (Å²) >= 11 is 12.1. The number of benzene rings is 1. The lowest BCUT2D eigenvalue weighted by atomic mass is 10.0. The minimum absolute atomic E-state index is 0.596. The lowest BCUT2D eigenvalue weighted by Gasteiger charge is -2.28. The molecule has 4 nitrogen and oxygen atoms in total. The van der Waals surface area contributed by atoms with E-state index in [1.165, 1.54) is 6.33 Å². The highest BCUT2D eigenvalue weighted by Gasteiger charge is 2.20. The second-order valence-electron chi connectivity index (χ2n) is 4.88. The minimum atomic E-state index is 0.596. The Labute approximate surface area is 127 Å². The SMILES string of the molecule is Nc1ncnc2c1CCN(Cc1ccc(Cl)cc1Cl)C2. The number of hydrogen-bond acceptors (Lipinski definition) is 4. The van der Waals surface area contributed by atoms with Crippen LogP contribution >= 0.6 is 23.2 Å². The summed E-state index contributed by atoms with van der Waals surface area (Å²) in [7, 11) is 0. The van der Waals surface area contributed by atoms with Crippen LogP contribution in [0.4, 0.5) is 5.82 Å². The van der Waals surface area contributed by atoms with Crippen molar-refractivity contribution in [1.82, 2.24) is 14.9 Å². The molecule has 1 aliphatic rings. The van der Waals surface area contributed by atoms with Crippen molar-refractivity contribution < 1.29 is 0 Å². The smallest absolute Gasteiger partial charge is 0.130 e. The molecule has 0 unspecified atom stereocenters. The summed E-state index contributed by atoms with van der Waals surface area (Å²) in [4.78, 5) is 10.7. The molecule has 3 rings (SSSR count). The molecule has 0 radical (unpaired) electrons. The van der Waals surface area contributed by atoms with Crippen LogP contribution in [-0.4, -0.2) is 21.4 Å². The molecule has 104 valence electrons. The van der Waals surface area contributed by atoms with Crippen LogP contribution in [0.25, 0.3) is 0 Å². The zero-order chi connectivity index (χ0) is 14.1. The number of nitrogens with two attached hydrogens (primary N) is 1. The molecule has 0 amide bonds. The van der Waals surface area contributed by atoms with Gasteiger partial charge < -0.3 is 5.73 Å². The number of fused-ring (bicyclic) bond motifs is 1. The van der Waals surface area contributed by atoms with Crippen molar-refractivity contribution in [3.8, 4) is 0 Å². The predicted octanol–water partition coefficient (Wildman–Crippen LogP) is 2.92. The Morgan fingerprint density at radius 2 is 2.10 bits per heavy atom. The summed E-state index contributed by atoms with van der Waals surface area (Å²) in [5.74, 6) is 0.596. The Kier molecular flexibility index (Phi) is 3.78. The lowest BCUT2D eigenvalue weighted by molar-refractivity contribution is 0.241. The Morgan fingerprint density at radius 3 is 2.90 bits per heavy atom. The maximum Gasteiger partial charge on any atom is 0.130 e. The van der Waals surface area contributed by atoms with Crippen molar-refractivity contribution in [3.05, 3.63) is 51.4 Å². The van der Waals surface area contributed by atoms with E-state index in [0.717, 1.165) is 42.9 Å². The zero-order valence-electron chi connectivity index (χ0n) is 10.8. The fourth-order valence-corrected chi connectivity index (χ4v) is 2.93. The molecular weight excluding hydrogens is 295 g/mol. The van der Waals surface area contributed by atoms with Gasteiger partial charge in [-0.3, -0.25) is 4.90 Å². The van der Waals surface area contributed by atoms with Crippen LogP contribution in [-0.2, 0) is 19.5 Å². The molecule has 1 aromatic heterocycles.